The van der Waals surface area contributed by atoms with Crippen molar-refractivity contribution in [3.63, 3.8) is 0 Å². The summed E-state index contributed by atoms with van der Waals surface area (Å²) in [5.74, 6) is 1.66. The average molecular weight is 226 g/mol. The Morgan fingerprint density at radius 1 is 1.27 bits per heavy atom. The molecular formula is C12H18O2S. The van der Waals surface area contributed by atoms with E-state index in [1.165, 1.54) is 16.7 Å². The average Bonchev–Trinajstić information content (AvgIpc) is 2.21. The van der Waals surface area contributed by atoms with Crippen molar-refractivity contribution in [3.05, 3.63) is 22.8 Å². The van der Waals surface area contributed by atoms with Gasteiger partial charge in [-0.1, -0.05) is 6.07 Å². The van der Waals surface area contributed by atoms with Crippen LogP contribution in [-0.2, 0) is 0 Å². The predicted molar refractivity (Wildman–Crippen MR) is 65.0 cm³/mol. The summed E-state index contributed by atoms with van der Waals surface area (Å²) >= 11 is 1.65. The first-order valence-corrected chi connectivity index (χ1v) is 5.98. The zero-order chi connectivity index (χ0) is 11.4. The monoisotopic (exact) mass is 226 g/mol. The van der Waals surface area contributed by atoms with E-state index in [9.17, 15) is 0 Å². The topological polar surface area (TPSA) is 29.5 Å². The van der Waals surface area contributed by atoms with Gasteiger partial charge in [-0.15, -0.1) is 11.8 Å². The second kappa shape index (κ2) is 5.42. The lowest BCUT2D eigenvalue weighted by Gasteiger charge is -2.15. The molecule has 3 heteroatoms. The molecular weight excluding hydrogens is 208 g/mol. The summed E-state index contributed by atoms with van der Waals surface area (Å²) in [6.45, 7) is 6.43. The van der Waals surface area contributed by atoms with Crippen LogP contribution in [0.15, 0.2) is 11.0 Å². The van der Waals surface area contributed by atoms with Crippen LogP contribution < -0.4 is 4.74 Å². The van der Waals surface area contributed by atoms with Gasteiger partial charge in [0.05, 0.1) is 18.6 Å². The van der Waals surface area contributed by atoms with Gasteiger partial charge in [0, 0.05) is 5.75 Å². The lowest BCUT2D eigenvalue weighted by Crippen LogP contribution is -1.97. The summed E-state index contributed by atoms with van der Waals surface area (Å²) in [7, 11) is 1.70. The van der Waals surface area contributed by atoms with Crippen molar-refractivity contribution in [2.24, 2.45) is 0 Å². The summed E-state index contributed by atoms with van der Waals surface area (Å²) in [4.78, 5) is 1.15. The molecule has 0 spiro atoms. The summed E-state index contributed by atoms with van der Waals surface area (Å²) in [5, 5.41) is 8.84. The van der Waals surface area contributed by atoms with Gasteiger partial charge in [0.15, 0.2) is 0 Å². The lowest BCUT2D eigenvalue weighted by molar-refractivity contribution is 0.322. The fraction of sp³-hybridized carbons (Fsp3) is 0.500. The number of aliphatic hydroxyl groups excluding tert-OH is 1. The molecule has 0 atom stereocenters. The summed E-state index contributed by atoms with van der Waals surface area (Å²) in [6, 6.07) is 2.16. The maximum absolute atomic E-state index is 8.84. The van der Waals surface area contributed by atoms with E-state index in [0.29, 0.717) is 5.75 Å². The Kier molecular flexibility index (Phi) is 4.48. The third-order valence-corrected chi connectivity index (χ3v) is 3.65. The quantitative estimate of drug-likeness (QED) is 0.800. The number of ether oxygens (including phenoxy) is 1. The molecule has 2 nitrogen and oxygen atoms in total. The summed E-state index contributed by atoms with van der Waals surface area (Å²) in [6.07, 6.45) is 0. The number of benzene rings is 1. The largest absolute Gasteiger partial charge is 0.495 e. The molecule has 0 amide bonds. The highest BCUT2D eigenvalue weighted by Gasteiger charge is 2.12. The van der Waals surface area contributed by atoms with Gasteiger partial charge in [-0.25, -0.2) is 0 Å². The van der Waals surface area contributed by atoms with Crippen molar-refractivity contribution in [3.8, 4) is 5.75 Å². The van der Waals surface area contributed by atoms with Crippen LogP contribution in [0.25, 0.3) is 0 Å². The second-order valence-electron chi connectivity index (χ2n) is 3.57. The lowest BCUT2D eigenvalue weighted by atomic mass is 10.1. The summed E-state index contributed by atoms with van der Waals surface area (Å²) in [5.41, 5.74) is 3.65. The molecule has 15 heavy (non-hydrogen) atoms. The smallest absolute Gasteiger partial charge is 0.135 e. The number of hydrogen-bond donors (Lipinski definition) is 1. The molecule has 84 valence electrons. The molecule has 0 saturated carbocycles. The van der Waals surface area contributed by atoms with E-state index in [4.69, 9.17) is 9.84 Å². The Morgan fingerprint density at radius 2 is 1.93 bits per heavy atom. The first-order valence-electron chi connectivity index (χ1n) is 5.00. The molecule has 1 aromatic rings. The standard InChI is InChI=1S/C12H18O2S/c1-8-7-9(2)12(15-6-5-13)11(14-4)10(8)3/h7,13H,5-6H2,1-4H3. The molecule has 0 unspecified atom stereocenters. The minimum Gasteiger partial charge on any atom is -0.495 e. The Labute approximate surface area is 95.7 Å². The zero-order valence-electron chi connectivity index (χ0n) is 9.76. The molecule has 1 rings (SSSR count). The molecule has 0 aromatic heterocycles. The Morgan fingerprint density at radius 3 is 2.47 bits per heavy atom. The van der Waals surface area contributed by atoms with E-state index in [1.807, 2.05) is 0 Å². The van der Waals surface area contributed by atoms with Crippen LogP contribution in [0.1, 0.15) is 16.7 Å². The van der Waals surface area contributed by atoms with Crippen molar-refractivity contribution < 1.29 is 9.84 Å². The Bertz CT molecular complexity index is 348. The number of hydrogen-bond acceptors (Lipinski definition) is 3. The molecule has 0 aliphatic rings. The van der Waals surface area contributed by atoms with Crippen LogP contribution >= 0.6 is 11.8 Å². The number of aryl methyl sites for hydroxylation is 2. The van der Waals surface area contributed by atoms with Crippen molar-refractivity contribution >= 4 is 11.8 Å². The van der Waals surface area contributed by atoms with Crippen LogP contribution in [0.3, 0.4) is 0 Å². The first kappa shape index (κ1) is 12.4. The highest BCUT2D eigenvalue weighted by molar-refractivity contribution is 7.99. The number of aliphatic hydroxyl groups is 1. The van der Waals surface area contributed by atoms with Gasteiger partial charge in [-0.2, -0.15) is 0 Å². The van der Waals surface area contributed by atoms with Crippen LogP contribution in [0.5, 0.6) is 5.75 Å². The maximum Gasteiger partial charge on any atom is 0.135 e. The van der Waals surface area contributed by atoms with Gasteiger partial charge in [-0.05, 0) is 37.5 Å². The predicted octanol–water partition coefficient (Wildman–Crippen LogP) is 2.70. The minimum absolute atomic E-state index is 0.195. The maximum atomic E-state index is 8.84. The van der Waals surface area contributed by atoms with Crippen molar-refractivity contribution in [1.29, 1.82) is 0 Å². The van der Waals surface area contributed by atoms with Crippen molar-refractivity contribution in [1.82, 2.24) is 0 Å². The van der Waals surface area contributed by atoms with Crippen LogP contribution in [0.2, 0.25) is 0 Å². The third kappa shape index (κ3) is 2.67. The SMILES string of the molecule is COc1c(C)c(C)cc(C)c1SCCO. The highest BCUT2D eigenvalue weighted by Crippen LogP contribution is 2.36. The molecule has 0 saturated heterocycles. The van der Waals surface area contributed by atoms with E-state index >= 15 is 0 Å². The van der Waals surface area contributed by atoms with E-state index in [-0.39, 0.29) is 6.61 Å². The Hall–Kier alpha value is -0.670. The number of rotatable bonds is 4. The number of thioether (sulfide) groups is 1. The fourth-order valence-electron chi connectivity index (χ4n) is 1.60. The molecule has 0 aliphatic carbocycles. The van der Waals surface area contributed by atoms with Gasteiger partial charge in [0.2, 0.25) is 0 Å². The molecule has 1 aromatic carbocycles. The first-order chi connectivity index (χ1) is 7.11. The van der Waals surface area contributed by atoms with Crippen molar-refractivity contribution in [2.45, 2.75) is 25.7 Å². The normalized spacial score (nSPS) is 10.5. The molecule has 0 aliphatic heterocycles. The molecule has 0 fully saturated rings. The van der Waals surface area contributed by atoms with Gasteiger partial charge in [0.25, 0.3) is 0 Å². The molecule has 1 N–H and O–H groups in total. The molecule has 0 heterocycles. The van der Waals surface area contributed by atoms with E-state index < -0.39 is 0 Å². The van der Waals surface area contributed by atoms with Crippen LogP contribution in [0, 0.1) is 20.8 Å². The van der Waals surface area contributed by atoms with Gasteiger partial charge in [0.1, 0.15) is 5.75 Å². The molecule has 0 radical (unpaired) electrons. The fourth-order valence-corrected chi connectivity index (χ4v) is 2.55. The van der Waals surface area contributed by atoms with Crippen LogP contribution in [0.4, 0.5) is 0 Å². The zero-order valence-corrected chi connectivity index (χ0v) is 10.6. The van der Waals surface area contributed by atoms with Gasteiger partial charge in [-0.3, -0.25) is 0 Å². The van der Waals surface area contributed by atoms with Gasteiger partial charge >= 0.3 is 0 Å². The van der Waals surface area contributed by atoms with E-state index in [2.05, 4.69) is 26.8 Å². The Balaban J connectivity index is 3.16. The van der Waals surface area contributed by atoms with Crippen molar-refractivity contribution in [2.75, 3.05) is 19.5 Å². The van der Waals surface area contributed by atoms with Gasteiger partial charge < -0.3 is 9.84 Å². The third-order valence-electron chi connectivity index (χ3n) is 2.47. The minimum atomic E-state index is 0.195. The summed E-state index contributed by atoms with van der Waals surface area (Å²) < 4.78 is 5.43. The highest BCUT2D eigenvalue weighted by atomic mass is 32.2. The van der Waals surface area contributed by atoms with E-state index in [0.717, 1.165) is 10.6 Å². The molecule has 0 bridgehead atoms. The second-order valence-corrected chi connectivity index (χ2v) is 4.67. The van der Waals surface area contributed by atoms with Crippen LogP contribution in [-0.4, -0.2) is 24.6 Å². The van der Waals surface area contributed by atoms with E-state index in [1.54, 1.807) is 18.9 Å². The number of methoxy groups -OCH3 is 1.